The Bertz CT molecular complexity index is 397. The molecule has 1 aliphatic heterocycles. The average molecular weight is 271 g/mol. The van der Waals surface area contributed by atoms with Crippen LogP contribution < -0.4 is 4.74 Å². The number of hydrogen-bond acceptors (Lipinski definition) is 3. The smallest absolute Gasteiger partial charge is 0.190 e. The number of aliphatic hydroxyl groups is 1. The normalized spacial score (nSPS) is 15.9. The van der Waals surface area contributed by atoms with Gasteiger partial charge in [0, 0.05) is 6.54 Å². The van der Waals surface area contributed by atoms with Crippen LogP contribution in [0.4, 0.5) is 8.78 Å². The SMILES string of the molecule is OCc1cc(F)c(OCCCN2CCCC2)c(F)c1. The summed E-state index contributed by atoms with van der Waals surface area (Å²) in [5, 5.41) is 8.83. The van der Waals surface area contributed by atoms with Gasteiger partial charge in [-0.1, -0.05) is 0 Å². The van der Waals surface area contributed by atoms with Gasteiger partial charge in [-0.2, -0.15) is 0 Å². The highest BCUT2D eigenvalue weighted by molar-refractivity contribution is 5.31. The second-order valence-corrected chi connectivity index (χ2v) is 4.80. The highest BCUT2D eigenvalue weighted by atomic mass is 19.1. The van der Waals surface area contributed by atoms with Crippen LogP contribution in [0.5, 0.6) is 5.75 Å². The summed E-state index contributed by atoms with van der Waals surface area (Å²) >= 11 is 0. The predicted octanol–water partition coefficient (Wildman–Crippen LogP) is 2.32. The fraction of sp³-hybridized carbons (Fsp3) is 0.571. The van der Waals surface area contributed by atoms with Crippen LogP contribution >= 0.6 is 0 Å². The molecule has 1 aromatic rings. The van der Waals surface area contributed by atoms with E-state index in [-0.39, 0.29) is 17.9 Å². The van der Waals surface area contributed by atoms with E-state index in [4.69, 9.17) is 9.84 Å². The highest BCUT2D eigenvalue weighted by Gasteiger charge is 2.14. The van der Waals surface area contributed by atoms with Crippen molar-refractivity contribution < 1.29 is 18.6 Å². The van der Waals surface area contributed by atoms with Gasteiger partial charge in [-0.05, 0) is 50.0 Å². The molecule has 0 aromatic heterocycles. The van der Waals surface area contributed by atoms with Gasteiger partial charge in [0.15, 0.2) is 17.4 Å². The molecule has 1 aromatic carbocycles. The number of benzene rings is 1. The maximum atomic E-state index is 13.5. The zero-order chi connectivity index (χ0) is 13.7. The Morgan fingerprint density at radius 2 is 1.79 bits per heavy atom. The summed E-state index contributed by atoms with van der Waals surface area (Å²) in [5.41, 5.74) is 0.208. The molecule has 5 heteroatoms. The van der Waals surface area contributed by atoms with Crippen molar-refractivity contribution in [1.82, 2.24) is 4.90 Å². The predicted molar refractivity (Wildman–Crippen MR) is 68.1 cm³/mol. The monoisotopic (exact) mass is 271 g/mol. The Hall–Kier alpha value is -1.20. The number of rotatable bonds is 6. The van der Waals surface area contributed by atoms with E-state index in [1.165, 1.54) is 12.8 Å². The van der Waals surface area contributed by atoms with Gasteiger partial charge in [-0.3, -0.25) is 0 Å². The molecule has 0 aliphatic carbocycles. The van der Waals surface area contributed by atoms with Gasteiger partial charge in [-0.25, -0.2) is 8.78 Å². The van der Waals surface area contributed by atoms with Crippen molar-refractivity contribution in [3.05, 3.63) is 29.3 Å². The Labute approximate surface area is 111 Å². The van der Waals surface area contributed by atoms with E-state index in [1.54, 1.807) is 0 Å². The number of aliphatic hydroxyl groups excluding tert-OH is 1. The molecule has 1 heterocycles. The number of halogens is 2. The van der Waals surface area contributed by atoms with Crippen LogP contribution in [0.1, 0.15) is 24.8 Å². The third-order valence-electron chi connectivity index (χ3n) is 3.30. The highest BCUT2D eigenvalue weighted by Crippen LogP contribution is 2.23. The van der Waals surface area contributed by atoms with E-state index in [1.807, 2.05) is 0 Å². The van der Waals surface area contributed by atoms with Gasteiger partial charge < -0.3 is 14.7 Å². The molecule has 1 saturated heterocycles. The Morgan fingerprint density at radius 1 is 1.16 bits per heavy atom. The van der Waals surface area contributed by atoms with Crippen LogP contribution in [0, 0.1) is 11.6 Å². The molecular formula is C14H19F2NO2. The van der Waals surface area contributed by atoms with Gasteiger partial charge in [0.1, 0.15) is 0 Å². The van der Waals surface area contributed by atoms with E-state index in [0.717, 1.165) is 38.2 Å². The summed E-state index contributed by atoms with van der Waals surface area (Å²) < 4.78 is 32.2. The van der Waals surface area contributed by atoms with Gasteiger partial charge in [0.2, 0.25) is 0 Å². The average Bonchev–Trinajstić information content (AvgIpc) is 2.89. The second kappa shape index (κ2) is 6.82. The molecule has 1 fully saturated rings. The lowest BCUT2D eigenvalue weighted by molar-refractivity contribution is 0.245. The van der Waals surface area contributed by atoms with E-state index < -0.39 is 11.6 Å². The summed E-state index contributed by atoms with van der Waals surface area (Å²) in [6, 6.07) is 2.19. The molecule has 106 valence electrons. The van der Waals surface area contributed by atoms with E-state index in [9.17, 15) is 8.78 Å². The first-order valence-corrected chi connectivity index (χ1v) is 6.64. The van der Waals surface area contributed by atoms with Gasteiger partial charge in [0.25, 0.3) is 0 Å². The quantitative estimate of drug-likeness (QED) is 0.806. The molecule has 0 radical (unpaired) electrons. The maximum absolute atomic E-state index is 13.5. The molecule has 1 N–H and O–H groups in total. The van der Waals surface area contributed by atoms with E-state index in [2.05, 4.69) is 4.90 Å². The van der Waals surface area contributed by atoms with Crippen LogP contribution in [0.15, 0.2) is 12.1 Å². The molecule has 0 atom stereocenters. The third-order valence-corrected chi connectivity index (χ3v) is 3.30. The van der Waals surface area contributed by atoms with Crippen LogP contribution in [0.3, 0.4) is 0 Å². The lowest BCUT2D eigenvalue weighted by atomic mass is 10.2. The first-order chi connectivity index (χ1) is 9.20. The zero-order valence-corrected chi connectivity index (χ0v) is 10.9. The largest absolute Gasteiger partial charge is 0.488 e. The van der Waals surface area contributed by atoms with E-state index >= 15 is 0 Å². The summed E-state index contributed by atoms with van der Waals surface area (Å²) in [6.07, 6.45) is 3.21. The minimum Gasteiger partial charge on any atom is -0.488 e. The van der Waals surface area contributed by atoms with Crippen molar-refractivity contribution in [2.24, 2.45) is 0 Å². The van der Waals surface area contributed by atoms with Crippen LogP contribution in [0.25, 0.3) is 0 Å². The number of likely N-dealkylation sites (tertiary alicyclic amines) is 1. The van der Waals surface area contributed by atoms with Gasteiger partial charge in [0.05, 0.1) is 13.2 Å². The molecule has 0 spiro atoms. The Kier molecular flexibility index (Phi) is 5.10. The minimum absolute atomic E-state index is 0.208. The molecule has 19 heavy (non-hydrogen) atoms. The summed E-state index contributed by atoms with van der Waals surface area (Å²) in [4.78, 5) is 2.32. The second-order valence-electron chi connectivity index (χ2n) is 4.80. The molecule has 0 unspecified atom stereocenters. The zero-order valence-electron chi connectivity index (χ0n) is 10.9. The molecule has 1 aliphatic rings. The molecule has 3 nitrogen and oxygen atoms in total. The molecule has 2 rings (SSSR count). The lowest BCUT2D eigenvalue weighted by Gasteiger charge is -2.15. The molecule has 0 saturated carbocycles. The first-order valence-electron chi connectivity index (χ1n) is 6.64. The fourth-order valence-electron chi connectivity index (χ4n) is 2.31. The van der Waals surface area contributed by atoms with Crippen LogP contribution in [-0.4, -0.2) is 36.2 Å². The number of ether oxygens (including phenoxy) is 1. The summed E-state index contributed by atoms with van der Waals surface area (Å²) in [7, 11) is 0. The lowest BCUT2D eigenvalue weighted by Crippen LogP contribution is -2.22. The first kappa shape index (κ1) is 14.2. The maximum Gasteiger partial charge on any atom is 0.190 e. The van der Waals surface area contributed by atoms with Crippen LogP contribution in [0.2, 0.25) is 0 Å². The number of nitrogens with zero attached hydrogens (tertiary/aromatic N) is 1. The Morgan fingerprint density at radius 3 is 2.37 bits per heavy atom. The van der Waals surface area contributed by atoms with Crippen molar-refractivity contribution in [2.75, 3.05) is 26.2 Å². The molecular weight excluding hydrogens is 252 g/mol. The van der Waals surface area contributed by atoms with E-state index in [0.29, 0.717) is 6.61 Å². The molecule has 0 amide bonds. The fourth-order valence-corrected chi connectivity index (χ4v) is 2.31. The van der Waals surface area contributed by atoms with Crippen molar-refractivity contribution in [3.63, 3.8) is 0 Å². The third kappa shape index (κ3) is 3.88. The Balaban J connectivity index is 1.81. The van der Waals surface area contributed by atoms with Crippen molar-refractivity contribution >= 4 is 0 Å². The van der Waals surface area contributed by atoms with Crippen LogP contribution in [-0.2, 0) is 6.61 Å². The summed E-state index contributed by atoms with van der Waals surface area (Å²) in [5.74, 6) is -1.87. The topological polar surface area (TPSA) is 32.7 Å². The van der Waals surface area contributed by atoms with Crippen molar-refractivity contribution in [1.29, 1.82) is 0 Å². The minimum atomic E-state index is -0.759. The van der Waals surface area contributed by atoms with Crippen molar-refractivity contribution in [2.45, 2.75) is 25.9 Å². The van der Waals surface area contributed by atoms with Crippen molar-refractivity contribution in [3.8, 4) is 5.75 Å². The van der Waals surface area contributed by atoms with Gasteiger partial charge >= 0.3 is 0 Å². The van der Waals surface area contributed by atoms with Gasteiger partial charge in [-0.15, -0.1) is 0 Å². The summed E-state index contributed by atoms with van der Waals surface area (Å²) in [6.45, 7) is 3.02. The molecule has 0 bridgehead atoms. The number of hydrogen-bond donors (Lipinski definition) is 1. The standard InChI is InChI=1S/C14H19F2NO2/c15-12-8-11(10-18)9-13(16)14(12)19-7-3-6-17-4-1-2-5-17/h8-9,18H,1-7,10H2.